The molecule has 2 N–H and O–H groups in total. The van der Waals surface area contributed by atoms with Crippen LogP contribution in [0.5, 0.6) is 0 Å². The monoisotopic (exact) mass is 415 g/mol. The van der Waals surface area contributed by atoms with Crippen LogP contribution in [0.4, 0.5) is 15.8 Å². The van der Waals surface area contributed by atoms with E-state index in [1.54, 1.807) is 11.3 Å². The van der Waals surface area contributed by atoms with Crippen LogP contribution in [0.3, 0.4) is 0 Å². The maximum absolute atomic E-state index is 14.3. The van der Waals surface area contributed by atoms with Gasteiger partial charge >= 0.3 is 0 Å². The molecule has 28 heavy (non-hydrogen) atoms. The zero-order valence-electron chi connectivity index (χ0n) is 15.1. The molecule has 0 fully saturated rings. The molecule has 0 saturated carbocycles. The molecule has 0 unspecified atom stereocenters. The Morgan fingerprint density at radius 2 is 1.96 bits per heavy atom. The molecule has 0 radical (unpaired) electrons. The van der Waals surface area contributed by atoms with Gasteiger partial charge in [-0.25, -0.2) is 4.39 Å². The average molecular weight is 416 g/mol. The van der Waals surface area contributed by atoms with Crippen molar-refractivity contribution >= 4 is 46.3 Å². The summed E-state index contributed by atoms with van der Waals surface area (Å²) in [6, 6.07) is 7.94. The molecule has 4 rings (SSSR count). The summed E-state index contributed by atoms with van der Waals surface area (Å²) in [5.74, 6) is 0.690. The lowest BCUT2D eigenvalue weighted by atomic mass is 10.1. The standard InChI is InChI=1S/C20H18FN3O2S2/c1-12(25)22-13-4-5-15(21)16(10-13)23-19(26)18-14-6-9-27-11-17(14)28-20(18)24-7-2-3-8-24/h2-5,7-8,10H,6,9,11H2,1H3,(H,22,25)(H,23,26). The van der Waals surface area contributed by atoms with E-state index >= 15 is 0 Å². The number of carbonyl (C=O) groups is 2. The van der Waals surface area contributed by atoms with Crippen molar-refractivity contribution in [2.75, 3.05) is 16.4 Å². The summed E-state index contributed by atoms with van der Waals surface area (Å²) in [7, 11) is 0. The maximum Gasteiger partial charge on any atom is 0.259 e. The molecule has 0 spiro atoms. The molecule has 3 heterocycles. The molecule has 1 aromatic carbocycles. The zero-order valence-corrected chi connectivity index (χ0v) is 16.8. The Hall–Kier alpha value is -2.58. The van der Waals surface area contributed by atoms with Crippen LogP contribution in [0.1, 0.15) is 27.7 Å². The fourth-order valence-corrected chi connectivity index (χ4v) is 5.63. The van der Waals surface area contributed by atoms with E-state index in [0.29, 0.717) is 11.3 Å². The quantitative estimate of drug-likeness (QED) is 0.650. The Morgan fingerprint density at radius 3 is 2.71 bits per heavy atom. The van der Waals surface area contributed by atoms with Crippen molar-refractivity contribution in [3.05, 3.63) is 64.5 Å². The number of thiophene rings is 1. The number of rotatable bonds is 4. The summed E-state index contributed by atoms with van der Waals surface area (Å²) >= 11 is 3.46. The first-order valence-electron chi connectivity index (χ1n) is 8.77. The van der Waals surface area contributed by atoms with Crippen LogP contribution in [0.2, 0.25) is 0 Å². The average Bonchev–Trinajstić information content (AvgIpc) is 3.31. The lowest BCUT2D eigenvalue weighted by Crippen LogP contribution is -2.17. The number of amides is 2. The van der Waals surface area contributed by atoms with Gasteiger partial charge in [0.2, 0.25) is 5.91 Å². The lowest BCUT2D eigenvalue weighted by Gasteiger charge is -2.14. The van der Waals surface area contributed by atoms with Crippen molar-refractivity contribution in [1.82, 2.24) is 4.57 Å². The maximum atomic E-state index is 14.3. The van der Waals surface area contributed by atoms with E-state index in [-0.39, 0.29) is 17.5 Å². The van der Waals surface area contributed by atoms with Crippen LogP contribution in [-0.2, 0) is 17.0 Å². The first-order valence-corrected chi connectivity index (χ1v) is 10.7. The van der Waals surface area contributed by atoms with Gasteiger partial charge in [0.25, 0.3) is 5.91 Å². The molecule has 1 aliphatic heterocycles. The molecule has 144 valence electrons. The SMILES string of the molecule is CC(=O)Nc1ccc(F)c(NC(=O)c2c(-n3cccc3)sc3c2CCSC3)c1. The zero-order chi connectivity index (χ0) is 19.7. The van der Waals surface area contributed by atoms with Gasteiger partial charge < -0.3 is 15.2 Å². The van der Waals surface area contributed by atoms with Gasteiger partial charge in [-0.1, -0.05) is 0 Å². The fraction of sp³-hybridized carbons (Fsp3) is 0.200. The van der Waals surface area contributed by atoms with E-state index in [1.165, 1.54) is 30.0 Å². The number of thioether (sulfide) groups is 1. The normalized spacial score (nSPS) is 13.1. The number of aromatic nitrogens is 1. The fourth-order valence-electron chi connectivity index (χ4n) is 3.19. The molecule has 0 atom stereocenters. The van der Waals surface area contributed by atoms with Gasteiger partial charge in [0.15, 0.2) is 0 Å². The number of halogens is 1. The first kappa shape index (κ1) is 18.8. The largest absolute Gasteiger partial charge is 0.326 e. The van der Waals surface area contributed by atoms with Crippen LogP contribution in [0, 0.1) is 5.82 Å². The van der Waals surface area contributed by atoms with Gasteiger partial charge in [-0.05, 0) is 48.1 Å². The van der Waals surface area contributed by atoms with Crippen molar-refractivity contribution in [2.24, 2.45) is 0 Å². The number of anilines is 2. The molecule has 2 aromatic heterocycles. The minimum absolute atomic E-state index is 0.0415. The van der Waals surface area contributed by atoms with Crippen molar-refractivity contribution < 1.29 is 14.0 Å². The second-order valence-corrected chi connectivity index (χ2v) is 8.60. The van der Waals surface area contributed by atoms with E-state index in [0.717, 1.165) is 28.5 Å². The molecular weight excluding hydrogens is 397 g/mol. The Balaban J connectivity index is 1.71. The van der Waals surface area contributed by atoms with Gasteiger partial charge in [0.1, 0.15) is 10.8 Å². The second-order valence-electron chi connectivity index (χ2n) is 6.41. The molecule has 0 aliphatic carbocycles. The molecule has 0 saturated heterocycles. The first-order chi connectivity index (χ1) is 13.5. The number of fused-ring (bicyclic) bond motifs is 1. The van der Waals surface area contributed by atoms with Crippen LogP contribution < -0.4 is 10.6 Å². The topological polar surface area (TPSA) is 63.1 Å². The highest BCUT2D eigenvalue weighted by Crippen LogP contribution is 2.38. The Kier molecular flexibility index (Phi) is 5.23. The summed E-state index contributed by atoms with van der Waals surface area (Å²) in [5, 5.41) is 6.14. The number of hydrogen-bond acceptors (Lipinski definition) is 4. The number of nitrogens with zero attached hydrogens (tertiary/aromatic N) is 1. The number of carbonyl (C=O) groups excluding carboxylic acids is 2. The predicted octanol–water partition coefficient (Wildman–Crippen LogP) is 4.68. The minimum Gasteiger partial charge on any atom is -0.326 e. The summed E-state index contributed by atoms with van der Waals surface area (Å²) in [5.41, 5.74) is 2.11. The second kappa shape index (κ2) is 7.81. The summed E-state index contributed by atoms with van der Waals surface area (Å²) in [6.45, 7) is 1.38. The number of nitrogens with one attached hydrogen (secondary N) is 2. The highest BCUT2D eigenvalue weighted by atomic mass is 32.2. The molecule has 1 aliphatic rings. The molecule has 5 nitrogen and oxygen atoms in total. The van der Waals surface area contributed by atoms with Crippen molar-refractivity contribution in [2.45, 2.75) is 19.1 Å². The van der Waals surface area contributed by atoms with E-state index in [2.05, 4.69) is 10.6 Å². The van der Waals surface area contributed by atoms with Crippen molar-refractivity contribution in [3.8, 4) is 5.00 Å². The van der Waals surface area contributed by atoms with Crippen molar-refractivity contribution in [3.63, 3.8) is 0 Å². The summed E-state index contributed by atoms with van der Waals surface area (Å²) < 4.78 is 16.2. The highest BCUT2D eigenvalue weighted by molar-refractivity contribution is 7.98. The van der Waals surface area contributed by atoms with Crippen LogP contribution in [0.25, 0.3) is 5.00 Å². The van der Waals surface area contributed by atoms with E-state index in [4.69, 9.17) is 0 Å². The van der Waals surface area contributed by atoms with Gasteiger partial charge in [-0.3, -0.25) is 9.59 Å². The minimum atomic E-state index is -0.551. The van der Waals surface area contributed by atoms with Crippen LogP contribution >= 0.6 is 23.1 Å². The van der Waals surface area contributed by atoms with Gasteiger partial charge in [0.05, 0.1) is 11.3 Å². The van der Waals surface area contributed by atoms with E-state index in [1.807, 2.05) is 40.9 Å². The van der Waals surface area contributed by atoms with Crippen LogP contribution in [-0.4, -0.2) is 22.1 Å². The highest BCUT2D eigenvalue weighted by Gasteiger charge is 2.27. The summed E-state index contributed by atoms with van der Waals surface area (Å²) in [6.07, 6.45) is 4.62. The van der Waals surface area contributed by atoms with Gasteiger partial charge in [-0.15, -0.1) is 11.3 Å². The summed E-state index contributed by atoms with van der Waals surface area (Å²) in [4.78, 5) is 25.6. The third-order valence-electron chi connectivity index (χ3n) is 4.40. The molecule has 0 bridgehead atoms. The third-order valence-corrected chi connectivity index (χ3v) is 6.82. The van der Waals surface area contributed by atoms with E-state index < -0.39 is 5.82 Å². The number of hydrogen-bond donors (Lipinski definition) is 2. The molecule has 2 amide bonds. The van der Waals surface area contributed by atoms with Gasteiger partial charge in [-0.2, -0.15) is 11.8 Å². The molecule has 8 heteroatoms. The Morgan fingerprint density at radius 1 is 1.18 bits per heavy atom. The van der Waals surface area contributed by atoms with Crippen LogP contribution in [0.15, 0.2) is 42.7 Å². The van der Waals surface area contributed by atoms with E-state index in [9.17, 15) is 14.0 Å². The molecule has 3 aromatic rings. The number of benzene rings is 1. The van der Waals surface area contributed by atoms with Crippen molar-refractivity contribution in [1.29, 1.82) is 0 Å². The lowest BCUT2D eigenvalue weighted by molar-refractivity contribution is -0.114. The Labute approximate surface area is 170 Å². The molecular formula is C20H18FN3O2S2. The van der Waals surface area contributed by atoms with Gasteiger partial charge in [0, 0.05) is 35.6 Å². The third kappa shape index (κ3) is 3.70. The predicted molar refractivity (Wildman–Crippen MR) is 112 cm³/mol. The Bertz CT molecular complexity index is 1040. The smallest absolute Gasteiger partial charge is 0.259 e.